The van der Waals surface area contributed by atoms with E-state index in [1.807, 2.05) is 0 Å². The fraction of sp³-hybridized carbons (Fsp3) is 0.765. The van der Waals surface area contributed by atoms with Gasteiger partial charge in [-0.25, -0.2) is 4.98 Å². The minimum Gasteiger partial charge on any atom is -0.364 e. The maximum atomic E-state index is 12.1. The van der Waals surface area contributed by atoms with E-state index >= 15 is 0 Å². The van der Waals surface area contributed by atoms with Gasteiger partial charge in [-0.05, 0) is 25.7 Å². The standard InChI is InChI=1S/C17H27N3O2S.2ClH/c18-10-13-6-7-15(22-13)17(21)19-9-8-16-20-14(11-23-16)12-4-2-1-3-5-12;;/h11-13,15H,1-10,18H2,(H,19,21);2*1H/t13-,15+;;/m1../s1. The van der Waals surface area contributed by atoms with Gasteiger partial charge in [0.25, 0.3) is 0 Å². The minimum absolute atomic E-state index is 0. The molecule has 0 aromatic carbocycles. The van der Waals surface area contributed by atoms with Gasteiger partial charge in [0.2, 0.25) is 5.91 Å². The van der Waals surface area contributed by atoms with Crippen molar-refractivity contribution < 1.29 is 9.53 Å². The second-order valence-corrected chi connectivity index (χ2v) is 7.54. The number of hydrogen-bond donors (Lipinski definition) is 2. The first-order chi connectivity index (χ1) is 11.3. The first-order valence-corrected chi connectivity index (χ1v) is 9.71. The summed E-state index contributed by atoms with van der Waals surface area (Å²) in [4.78, 5) is 16.8. The fourth-order valence-corrected chi connectivity index (χ4v) is 4.38. The second-order valence-electron chi connectivity index (χ2n) is 6.60. The molecule has 8 heteroatoms. The summed E-state index contributed by atoms with van der Waals surface area (Å²) < 4.78 is 5.61. The molecule has 3 rings (SSSR count). The second kappa shape index (κ2) is 11.3. The summed E-state index contributed by atoms with van der Waals surface area (Å²) in [6.07, 6.45) is 8.77. The van der Waals surface area contributed by atoms with E-state index < -0.39 is 0 Å². The van der Waals surface area contributed by atoms with E-state index in [0.29, 0.717) is 19.0 Å². The lowest BCUT2D eigenvalue weighted by Gasteiger charge is -2.19. The van der Waals surface area contributed by atoms with E-state index in [4.69, 9.17) is 15.5 Å². The number of nitrogens with two attached hydrogens (primary N) is 1. The quantitative estimate of drug-likeness (QED) is 0.755. The Bertz CT molecular complexity index is 524. The van der Waals surface area contributed by atoms with Crippen LogP contribution in [-0.2, 0) is 16.0 Å². The van der Waals surface area contributed by atoms with Crippen molar-refractivity contribution >= 4 is 42.1 Å². The zero-order valence-corrected chi connectivity index (χ0v) is 16.9. The lowest BCUT2D eigenvalue weighted by molar-refractivity contribution is -0.131. The number of nitrogens with one attached hydrogen (secondary N) is 1. The lowest BCUT2D eigenvalue weighted by Crippen LogP contribution is -2.36. The molecule has 1 saturated carbocycles. The summed E-state index contributed by atoms with van der Waals surface area (Å²) in [5, 5.41) is 6.30. The highest BCUT2D eigenvalue weighted by Gasteiger charge is 2.29. The smallest absolute Gasteiger partial charge is 0.249 e. The predicted octanol–water partition coefficient (Wildman–Crippen LogP) is 3.20. The Morgan fingerprint density at radius 2 is 2.00 bits per heavy atom. The molecular formula is C17H29Cl2N3O2S. The van der Waals surface area contributed by atoms with Crippen LogP contribution in [0, 0.1) is 0 Å². The van der Waals surface area contributed by atoms with Crippen LogP contribution in [0.2, 0.25) is 0 Å². The van der Waals surface area contributed by atoms with Crippen molar-refractivity contribution in [2.45, 2.75) is 69.5 Å². The van der Waals surface area contributed by atoms with Crippen molar-refractivity contribution in [1.29, 1.82) is 0 Å². The first kappa shape index (κ1) is 22.6. The van der Waals surface area contributed by atoms with E-state index in [1.54, 1.807) is 11.3 Å². The van der Waals surface area contributed by atoms with Gasteiger partial charge in [-0.2, -0.15) is 0 Å². The number of ether oxygens (including phenoxy) is 1. The van der Waals surface area contributed by atoms with Crippen molar-refractivity contribution in [3.8, 4) is 0 Å². The zero-order chi connectivity index (χ0) is 16.1. The molecule has 1 saturated heterocycles. The SMILES string of the molecule is Cl.Cl.NC[C@H]1CC[C@@H](C(=O)NCCc2nc(C3CCCCC3)cs2)O1. The highest BCUT2D eigenvalue weighted by atomic mass is 35.5. The summed E-state index contributed by atoms with van der Waals surface area (Å²) in [6.45, 7) is 1.12. The van der Waals surface area contributed by atoms with E-state index in [-0.39, 0.29) is 42.9 Å². The normalized spacial score (nSPS) is 23.6. The molecule has 1 amide bonds. The number of halogens is 2. The fourth-order valence-electron chi connectivity index (χ4n) is 3.50. The predicted molar refractivity (Wildman–Crippen MR) is 106 cm³/mol. The summed E-state index contributed by atoms with van der Waals surface area (Å²) in [7, 11) is 0. The van der Waals surface area contributed by atoms with Crippen LogP contribution >= 0.6 is 36.2 Å². The molecule has 25 heavy (non-hydrogen) atoms. The molecule has 2 atom stereocenters. The van der Waals surface area contributed by atoms with E-state index in [2.05, 4.69) is 10.7 Å². The van der Waals surface area contributed by atoms with Crippen LogP contribution in [-0.4, -0.2) is 36.2 Å². The highest BCUT2D eigenvalue weighted by Crippen LogP contribution is 2.33. The molecule has 1 aliphatic carbocycles. The molecule has 1 aromatic heterocycles. The molecule has 144 valence electrons. The Hall–Kier alpha value is -0.400. The number of carbonyl (C=O) groups is 1. The van der Waals surface area contributed by atoms with Crippen LogP contribution < -0.4 is 11.1 Å². The molecule has 2 aliphatic rings. The summed E-state index contributed by atoms with van der Waals surface area (Å²) >= 11 is 1.72. The maximum absolute atomic E-state index is 12.1. The Kier molecular flexibility index (Phi) is 10.3. The molecule has 2 fully saturated rings. The number of thiazole rings is 1. The highest BCUT2D eigenvalue weighted by molar-refractivity contribution is 7.09. The maximum Gasteiger partial charge on any atom is 0.249 e. The van der Waals surface area contributed by atoms with Crippen molar-refractivity contribution in [2.24, 2.45) is 5.73 Å². The monoisotopic (exact) mass is 409 g/mol. The number of rotatable bonds is 6. The molecule has 1 aliphatic heterocycles. The summed E-state index contributed by atoms with van der Waals surface area (Å²) in [5.41, 5.74) is 6.84. The average molecular weight is 410 g/mol. The molecule has 3 N–H and O–H groups in total. The van der Waals surface area contributed by atoms with Crippen molar-refractivity contribution in [3.63, 3.8) is 0 Å². The third-order valence-corrected chi connectivity index (χ3v) is 5.82. The number of amides is 1. The molecule has 0 spiro atoms. The van der Waals surface area contributed by atoms with Crippen LogP contribution in [0.1, 0.15) is 61.6 Å². The number of aromatic nitrogens is 1. The van der Waals surface area contributed by atoms with E-state index in [0.717, 1.165) is 24.3 Å². The minimum atomic E-state index is -0.322. The third-order valence-electron chi connectivity index (χ3n) is 4.89. The largest absolute Gasteiger partial charge is 0.364 e. The van der Waals surface area contributed by atoms with Crippen molar-refractivity contribution in [2.75, 3.05) is 13.1 Å². The van der Waals surface area contributed by atoms with Gasteiger partial charge in [0.05, 0.1) is 16.8 Å². The average Bonchev–Trinajstić information content (AvgIpc) is 3.25. The molecule has 0 bridgehead atoms. The Morgan fingerprint density at radius 1 is 1.24 bits per heavy atom. The molecule has 1 aromatic rings. The molecule has 0 radical (unpaired) electrons. The summed E-state index contributed by atoms with van der Waals surface area (Å²) in [5.74, 6) is 0.647. The number of carbonyl (C=O) groups excluding carboxylic acids is 1. The topological polar surface area (TPSA) is 77.2 Å². The van der Waals surface area contributed by atoms with Gasteiger partial charge in [0, 0.05) is 30.8 Å². The van der Waals surface area contributed by atoms with Gasteiger partial charge in [-0.1, -0.05) is 19.3 Å². The molecular weight excluding hydrogens is 381 g/mol. The van der Waals surface area contributed by atoms with Gasteiger partial charge in [0.15, 0.2) is 0 Å². The number of nitrogens with zero attached hydrogens (tertiary/aromatic N) is 1. The van der Waals surface area contributed by atoms with Crippen molar-refractivity contribution in [3.05, 3.63) is 16.1 Å². The van der Waals surface area contributed by atoms with E-state index in [9.17, 15) is 4.79 Å². The van der Waals surface area contributed by atoms with E-state index in [1.165, 1.54) is 37.8 Å². The first-order valence-electron chi connectivity index (χ1n) is 8.84. The van der Waals surface area contributed by atoms with Crippen LogP contribution in [0.4, 0.5) is 0 Å². The molecule has 2 heterocycles. The lowest BCUT2D eigenvalue weighted by atomic mass is 9.87. The van der Waals surface area contributed by atoms with Crippen LogP contribution in [0.5, 0.6) is 0 Å². The van der Waals surface area contributed by atoms with Gasteiger partial charge < -0.3 is 15.8 Å². The molecule has 5 nitrogen and oxygen atoms in total. The van der Waals surface area contributed by atoms with Gasteiger partial charge in [-0.3, -0.25) is 4.79 Å². The van der Waals surface area contributed by atoms with Gasteiger partial charge in [-0.15, -0.1) is 36.2 Å². The number of hydrogen-bond acceptors (Lipinski definition) is 5. The van der Waals surface area contributed by atoms with Crippen LogP contribution in [0.25, 0.3) is 0 Å². The van der Waals surface area contributed by atoms with Gasteiger partial charge >= 0.3 is 0 Å². The van der Waals surface area contributed by atoms with Crippen LogP contribution in [0.15, 0.2) is 5.38 Å². The third kappa shape index (κ3) is 6.36. The Labute approximate surface area is 166 Å². The zero-order valence-electron chi connectivity index (χ0n) is 14.4. The van der Waals surface area contributed by atoms with Crippen molar-refractivity contribution in [1.82, 2.24) is 10.3 Å². The Morgan fingerprint density at radius 3 is 2.68 bits per heavy atom. The summed E-state index contributed by atoms with van der Waals surface area (Å²) in [6, 6.07) is 0. The Balaban J connectivity index is 0.00000156. The van der Waals surface area contributed by atoms with Gasteiger partial charge in [0.1, 0.15) is 6.10 Å². The molecule has 0 unspecified atom stereocenters. The van der Waals surface area contributed by atoms with Crippen LogP contribution in [0.3, 0.4) is 0 Å².